The highest BCUT2D eigenvalue weighted by molar-refractivity contribution is 5.83. The smallest absolute Gasteiger partial charge is 0.251 e. The van der Waals surface area contributed by atoms with Gasteiger partial charge < -0.3 is 19.3 Å². The molecular formula is C17H32N2O4. The van der Waals surface area contributed by atoms with E-state index in [9.17, 15) is 9.59 Å². The van der Waals surface area contributed by atoms with E-state index in [1.807, 2.05) is 23.6 Å². The Balaban J connectivity index is 2.73. The number of amides is 2. The Bertz CT molecular complexity index is 389. The maximum absolute atomic E-state index is 12.6. The van der Waals surface area contributed by atoms with Gasteiger partial charge >= 0.3 is 0 Å². The molecule has 23 heavy (non-hydrogen) atoms. The van der Waals surface area contributed by atoms with Crippen molar-refractivity contribution in [2.75, 3.05) is 32.8 Å². The number of carbonyl (C=O) groups excluding carboxylic acids is 2. The van der Waals surface area contributed by atoms with Crippen LogP contribution in [-0.2, 0) is 19.1 Å². The standard InChI is InChI=1S/C17H32N2O4/c1-6-9-15-12-18(16(20)13(4)22-7-2)10-11-19(15)17(21)14(5)23-8-3/h13-15H,6-12H2,1-5H3/t13-,14-,15-/m1/s1. The number of hydrogen-bond donors (Lipinski definition) is 0. The highest BCUT2D eigenvalue weighted by Crippen LogP contribution is 2.18. The topological polar surface area (TPSA) is 59.1 Å². The third-order valence-corrected chi connectivity index (χ3v) is 4.23. The second-order valence-corrected chi connectivity index (χ2v) is 5.95. The molecule has 6 heteroatoms. The van der Waals surface area contributed by atoms with Gasteiger partial charge in [0.25, 0.3) is 11.8 Å². The van der Waals surface area contributed by atoms with Gasteiger partial charge in [-0.3, -0.25) is 9.59 Å². The van der Waals surface area contributed by atoms with Crippen LogP contribution >= 0.6 is 0 Å². The molecule has 1 fully saturated rings. The van der Waals surface area contributed by atoms with Crippen molar-refractivity contribution >= 4 is 11.8 Å². The van der Waals surface area contributed by atoms with Gasteiger partial charge in [-0.2, -0.15) is 0 Å². The van der Waals surface area contributed by atoms with Crippen LogP contribution < -0.4 is 0 Å². The van der Waals surface area contributed by atoms with Crippen LogP contribution in [0, 0.1) is 0 Å². The molecule has 6 nitrogen and oxygen atoms in total. The van der Waals surface area contributed by atoms with Crippen molar-refractivity contribution in [3.8, 4) is 0 Å². The first-order valence-corrected chi connectivity index (χ1v) is 8.78. The van der Waals surface area contributed by atoms with Crippen molar-refractivity contribution in [1.82, 2.24) is 9.80 Å². The lowest BCUT2D eigenvalue weighted by Gasteiger charge is -2.43. The van der Waals surface area contributed by atoms with Gasteiger partial charge in [0.1, 0.15) is 12.2 Å². The minimum absolute atomic E-state index is 0.0120. The SMILES string of the molecule is CCC[C@@H]1CN(C(=O)[C@@H](C)OCC)CCN1C(=O)[C@@H](C)OCC. The van der Waals surface area contributed by atoms with E-state index < -0.39 is 12.2 Å². The zero-order valence-corrected chi connectivity index (χ0v) is 15.2. The van der Waals surface area contributed by atoms with Crippen molar-refractivity contribution < 1.29 is 19.1 Å². The average Bonchev–Trinajstić information content (AvgIpc) is 2.54. The van der Waals surface area contributed by atoms with E-state index in [-0.39, 0.29) is 17.9 Å². The van der Waals surface area contributed by atoms with Crippen LogP contribution in [-0.4, -0.2) is 72.7 Å². The number of ether oxygens (including phenoxy) is 2. The van der Waals surface area contributed by atoms with Crippen LogP contribution in [0.3, 0.4) is 0 Å². The van der Waals surface area contributed by atoms with Crippen LogP contribution in [0.2, 0.25) is 0 Å². The van der Waals surface area contributed by atoms with Crippen LogP contribution in [0.5, 0.6) is 0 Å². The largest absolute Gasteiger partial charge is 0.369 e. The molecule has 0 radical (unpaired) electrons. The van der Waals surface area contributed by atoms with Gasteiger partial charge in [-0.05, 0) is 34.1 Å². The Hall–Kier alpha value is -1.14. The Morgan fingerprint density at radius 2 is 1.57 bits per heavy atom. The van der Waals surface area contributed by atoms with Gasteiger partial charge in [0.05, 0.1) is 0 Å². The number of carbonyl (C=O) groups is 2. The maximum atomic E-state index is 12.6. The molecule has 1 saturated heterocycles. The quantitative estimate of drug-likeness (QED) is 0.680. The van der Waals surface area contributed by atoms with E-state index in [4.69, 9.17) is 9.47 Å². The third kappa shape index (κ3) is 5.46. The average molecular weight is 328 g/mol. The molecule has 0 aromatic rings. The summed E-state index contributed by atoms with van der Waals surface area (Å²) in [5, 5.41) is 0. The van der Waals surface area contributed by atoms with Crippen LogP contribution in [0.25, 0.3) is 0 Å². The minimum atomic E-state index is -0.427. The van der Waals surface area contributed by atoms with Crippen molar-refractivity contribution in [3.05, 3.63) is 0 Å². The molecule has 0 bridgehead atoms. The lowest BCUT2D eigenvalue weighted by atomic mass is 10.0. The Labute approximate surface area is 140 Å². The maximum Gasteiger partial charge on any atom is 0.251 e. The third-order valence-electron chi connectivity index (χ3n) is 4.23. The van der Waals surface area contributed by atoms with E-state index in [1.165, 1.54) is 0 Å². The summed E-state index contributed by atoms with van der Waals surface area (Å²) in [6.07, 6.45) is 1.01. The summed E-state index contributed by atoms with van der Waals surface area (Å²) >= 11 is 0. The molecule has 0 spiro atoms. The van der Waals surface area contributed by atoms with Gasteiger partial charge in [-0.15, -0.1) is 0 Å². The van der Waals surface area contributed by atoms with Crippen LogP contribution in [0.1, 0.15) is 47.5 Å². The molecular weight excluding hydrogens is 296 g/mol. The molecule has 1 aliphatic rings. The molecule has 0 aliphatic carbocycles. The molecule has 0 unspecified atom stereocenters. The lowest BCUT2D eigenvalue weighted by molar-refractivity contribution is -0.154. The van der Waals surface area contributed by atoms with Crippen molar-refractivity contribution in [3.63, 3.8) is 0 Å². The predicted molar refractivity (Wildman–Crippen MR) is 89.2 cm³/mol. The number of nitrogens with zero attached hydrogens (tertiary/aromatic N) is 2. The minimum Gasteiger partial charge on any atom is -0.369 e. The summed E-state index contributed by atoms with van der Waals surface area (Å²) in [4.78, 5) is 28.7. The fourth-order valence-corrected chi connectivity index (χ4v) is 3.06. The molecule has 0 saturated carbocycles. The summed E-state index contributed by atoms with van der Waals surface area (Å²) in [5.74, 6) is 0.0353. The monoisotopic (exact) mass is 328 g/mol. The van der Waals surface area contributed by atoms with E-state index in [0.29, 0.717) is 32.8 Å². The number of hydrogen-bond acceptors (Lipinski definition) is 4. The normalized spacial score (nSPS) is 21.2. The molecule has 1 aliphatic heterocycles. The Morgan fingerprint density at radius 3 is 2.09 bits per heavy atom. The fourth-order valence-electron chi connectivity index (χ4n) is 3.06. The van der Waals surface area contributed by atoms with Gasteiger partial charge in [-0.1, -0.05) is 13.3 Å². The van der Waals surface area contributed by atoms with Crippen molar-refractivity contribution in [1.29, 1.82) is 0 Å². The van der Waals surface area contributed by atoms with Crippen LogP contribution in [0.4, 0.5) is 0 Å². The summed E-state index contributed by atoms with van der Waals surface area (Å²) in [5.41, 5.74) is 0. The summed E-state index contributed by atoms with van der Waals surface area (Å²) in [7, 11) is 0. The molecule has 3 atom stereocenters. The second kappa shape index (κ2) is 9.88. The van der Waals surface area contributed by atoms with E-state index in [0.717, 1.165) is 12.8 Å². The zero-order chi connectivity index (χ0) is 17.4. The first-order chi connectivity index (χ1) is 11.0. The second-order valence-electron chi connectivity index (χ2n) is 5.95. The highest BCUT2D eigenvalue weighted by Gasteiger charge is 2.35. The zero-order valence-electron chi connectivity index (χ0n) is 15.2. The fraction of sp³-hybridized carbons (Fsp3) is 0.882. The lowest BCUT2D eigenvalue weighted by Crippen LogP contribution is -2.59. The Kier molecular flexibility index (Phi) is 8.55. The van der Waals surface area contributed by atoms with E-state index >= 15 is 0 Å². The molecule has 1 heterocycles. The molecule has 1 rings (SSSR count). The summed E-state index contributed by atoms with van der Waals surface area (Å²) in [6.45, 7) is 12.2. The van der Waals surface area contributed by atoms with E-state index in [1.54, 1.807) is 13.8 Å². The van der Waals surface area contributed by atoms with Gasteiger partial charge in [0.15, 0.2) is 0 Å². The summed E-state index contributed by atoms with van der Waals surface area (Å²) in [6, 6.07) is 0.0573. The predicted octanol–water partition coefficient (Wildman–Crippen LogP) is 1.68. The van der Waals surface area contributed by atoms with Crippen molar-refractivity contribution in [2.45, 2.75) is 65.7 Å². The highest BCUT2D eigenvalue weighted by atomic mass is 16.5. The number of rotatable bonds is 8. The molecule has 2 amide bonds. The Morgan fingerprint density at radius 1 is 1.00 bits per heavy atom. The summed E-state index contributed by atoms with van der Waals surface area (Å²) < 4.78 is 10.8. The van der Waals surface area contributed by atoms with Gasteiger partial charge in [-0.25, -0.2) is 0 Å². The van der Waals surface area contributed by atoms with Crippen molar-refractivity contribution in [2.24, 2.45) is 0 Å². The van der Waals surface area contributed by atoms with E-state index in [2.05, 4.69) is 6.92 Å². The molecule has 0 aromatic heterocycles. The first-order valence-electron chi connectivity index (χ1n) is 8.78. The van der Waals surface area contributed by atoms with Gasteiger partial charge in [0.2, 0.25) is 0 Å². The van der Waals surface area contributed by atoms with Crippen LogP contribution in [0.15, 0.2) is 0 Å². The first kappa shape index (κ1) is 19.9. The molecule has 0 aromatic carbocycles. The molecule has 0 N–H and O–H groups in total. The van der Waals surface area contributed by atoms with Gasteiger partial charge in [0, 0.05) is 38.9 Å². The number of piperazine rings is 1. The molecule has 134 valence electrons.